The van der Waals surface area contributed by atoms with E-state index in [1.165, 1.54) is 16.3 Å². The van der Waals surface area contributed by atoms with Gasteiger partial charge in [0.25, 0.3) is 0 Å². The van der Waals surface area contributed by atoms with E-state index in [1.807, 2.05) is 60.7 Å². The third-order valence-electron chi connectivity index (χ3n) is 9.30. The molecule has 0 saturated heterocycles. The Morgan fingerprint density at radius 2 is 0.863 bits per heavy atom. The Kier molecular flexibility index (Phi) is 7.63. The van der Waals surface area contributed by atoms with Gasteiger partial charge in [-0.05, 0) is 79.7 Å². The fraction of sp³-hybridized carbons (Fsp3) is 0.0217. The zero-order valence-electron chi connectivity index (χ0n) is 28.1. The minimum atomic E-state index is 0.637. The summed E-state index contributed by atoms with van der Waals surface area (Å²) in [5.41, 5.74) is 10.8. The van der Waals surface area contributed by atoms with Gasteiger partial charge in [-0.15, -0.1) is 0 Å². The number of aromatic nitrogens is 4. The van der Waals surface area contributed by atoms with Crippen molar-refractivity contribution in [1.29, 1.82) is 0 Å². The van der Waals surface area contributed by atoms with Crippen LogP contribution in [0.3, 0.4) is 0 Å². The average Bonchev–Trinajstić information content (AvgIpc) is 3.53. The molecule has 2 heterocycles. The summed E-state index contributed by atoms with van der Waals surface area (Å²) in [7, 11) is 0. The molecule has 51 heavy (non-hydrogen) atoms. The highest BCUT2D eigenvalue weighted by Crippen LogP contribution is 2.40. The van der Waals surface area contributed by atoms with Gasteiger partial charge in [-0.3, -0.25) is 0 Å². The van der Waals surface area contributed by atoms with Crippen LogP contribution in [-0.4, -0.2) is 19.5 Å². The lowest BCUT2D eigenvalue weighted by atomic mass is 10.1. The molecule has 5 nitrogen and oxygen atoms in total. The van der Waals surface area contributed by atoms with E-state index in [1.54, 1.807) is 0 Å². The molecule has 0 spiro atoms. The van der Waals surface area contributed by atoms with E-state index < -0.39 is 0 Å². The molecule has 7 aromatic carbocycles. The molecular weight excluding hydrogens is 623 g/mol. The fourth-order valence-corrected chi connectivity index (χ4v) is 6.79. The normalized spacial score (nSPS) is 11.2. The van der Waals surface area contributed by atoms with Crippen LogP contribution in [0.5, 0.6) is 0 Å². The number of rotatable bonds is 7. The Morgan fingerprint density at radius 3 is 1.47 bits per heavy atom. The van der Waals surface area contributed by atoms with E-state index in [9.17, 15) is 0 Å². The van der Waals surface area contributed by atoms with E-state index in [0.717, 1.165) is 50.5 Å². The monoisotopic (exact) mass is 655 g/mol. The van der Waals surface area contributed by atoms with Crippen LogP contribution in [-0.2, 0) is 0 Å². The van der Waals surface area contributed by atoms with Gasteiger partial charge in [-0.25, -0.2) is 15.0 Å². The van der Waals surface area contributed by atoms with Gasteiger partial charge in [0, 0.05) is 50.2 Å². The summed E-state index contributed by atoms with van der Waals surface area (Å²) in [5, 5.41) is 2.39. The van der Waals surface area contributed by atoms with Crippen molar-refractivity contribution in [2.75, 3.05) is 4.90 Å². The SMILES string of the molecule is Cc1ccc(N(c2ccccc2)c2ccc3c(c2)c2ccccc2n3-c2ccc(-c3nc(-c4ccccc4)nc(-c4ccccc4)n3)cc2)cc1. The summed E-state index contributed by atoms with van der Waals surface area (Å²) in [5.74, 6) is 1.94. The largest absolute Gasteiger partial charge is 0.310 e. The lowest BCUT2D eigenvalue weighted by molar-refractivity contribution is 1.07. The molecule has 0 atom stereocenters. The minimum absolute atomic E-state index is 0.637. The first kappa shape index (κ1) is 30.2. The van der Waals surface area contributed by atoms with Gasteiger partial charge in [0.1, 0.15) is 0 Å². The molecule has 0 aliphatic heterocycles. The van der Waals surface area contributed by atoms with Gasteiger partial charge in [0.15, 0.2) is 17.5 Å². The Hall–Kier alpha value is -6.85. The van der Waals surface area contributed by atoms with Gasteiger partial charge in [-0.2, -0.15) is 0 Å². The minimum Gasteiger partial charge on any atom is -0.310 e. The maximum Gasteiger partial charge on any atom is 0.164 e. The first-order valence-electron chi connectivity index (χ1n) is 17.1. The van der Waals surface area contributed by atoms with Crippen molar-refractivity contribution in [3.8, 4) is 39.9 Å². The average molecular weight is 656 g/mol. The Bertz CT molecular complexity index is 2560. The number of fused-ring (bicyclic) bond motifs is 3. The number of hydrogen-bond acceptors (Lipinski definition) is 4. The topological polar surface area (TPSA) is 46.8 Å². The lowest BCUT2D eigenvalue weighted by Crippen LogP contribution is -2.09. The van der Waals surface area contributed by atoms with E-state index in [2.05, 4.69) is 138 Å². The second-order valence-electron chi connectivity index (χ2n) is 12.6. The van der Waals surface area contributed by atoms with E-state index >= 15 is 0 Å². The number of benzene rings is 7. The van der Waals surface area contributed by atoms with Gasteiger partial charge in [0.05, 0.1) is 11.0 Å². The quantitative estimate of drug-likeness (QED) is 0.171. The predicted octanol–water partition coefficient (Wildman–Crippen LogP) is 11.7. The summed E-state index contributed by atoms with van der Waals surface area (Å²) in [4.78, 5) is 17.1. The number of hydrogen-bond donors (Lipinski definition) is 0. The zero-order chi connectivity index (χ0) is 34.1. The van der Waals surface area contributed by atoms with Crippen LogP contribution in [0.4, 0.5) is 17.1 Å². The van der Waals surface area contributed by atoms with Gasteiger partial charge >= 0.3 is 0 Å². The standard InChI is InChI=1S/C46H33N5/c1-32-21-25-37(26-22-32)50(36-17-9-4-10-18-36)39-29-30-43-41(31-39)40-19-11-12-20-42(40)51(43)38-27-23-35(24-28-38)46-48-44(33-13-5-2-6-14-33)47-45(49-46)34-15-7-3-8-16-34/h2-31H,1H3. The highest BCUT2D eigenvalue weighted by Gasteiger charge is 2.18. The molecule has 0 unspecified atom stereocenters. The van der Waals surface area contributed by atoms with Gasteiger partial charge in [0.2, 0.25) is 0 Å². The second-order valence-corrected chi connectivity index (χ2v) is 12.6. The Morgan fingerprint density at radius 1 is 0.392 bits per heavy atom. The molecule has 0 N–H and O–H groups in total. The summed E-state index contributed by atoms with van der Waals surface area (Å²) in [6.45, 7) is 2.12. The molecule has 5 heteroatoms. The molecule has 0 saturated carbocycles. The van der Waals surface area contributed by atoms with Crippen LogP contribution in [0.15, 0.2) is 182 Å². The molecule has 0 fully saturated rings. The molecule has 0 amide bonds. The van der Waals surface area contributed by atoms with Gasteiger partial charge < -0.3 is 9.47 Å². The number of nitrogens with zero attached hydrogens (tertiary/aromatic N) is 5. The van der Waals surface area contributed by atoms with Crippen LogP contribution in [0.2, 0.25) is 0 Å². The van der Waals surface area contributed by atoms with Crippen molar-refractivity contribution in [3.05, 3.63) is 188 Å². The molecular formula is C46H33N5. The summed E-state index contributed by atoms with van der Waals surface area (Å²) in [6.07, 6.45) is 0. The van der Waals surface area contributed by atoms with E-state index in [-0.39, 0.29) is 0 Å². The summed E-state index contributed by atoms with van der Waals surface area (Å²) < 4.78 is 2.34. The summed E-state index contributed by atoms with van der Waals surface area (Å²) >= 11 is 0. The van der Waals surface area contributed by atoms with Gasteiger partial charge in [-0.1, -0.05) is 115 Å². The van der Waals surface area contributed by atoms with Crippen molar-refractivity contribution >= 4 is 38.9 Å². The Labute approximate surface area is 296 Å². The zero-order valence-corrected chi connectivity index (χ0v) is 28.1. The lowest BCUT2D eigenvalue weighted by Gasteiger charge is -2.25. The first-order chi connectivity index (χ1) is 25.2. The number of aryl methyl sites for hydroxylation is 1. The number of anilines is 3. The van der Waals surface area contributed by atoms with Crippen LogP contribution >= 0.6 is 0 Å². The maximum absolute atomic E-state index is 4.94. The van der Waals surface area contributed by atoms with Crippen molar-refractivity contribution in [1.82, 2.24) is 19.5 Å². The molecule has 2 aromatic heterocycles. The fourth-order valence-electron chi connectivity index (χ4n) is 6.79. The second kappa shape index (κ2) is 12.9. The highest BCUT2D eigenvalue weighted by molar-refractivity contribution is 6.10. The third kappa shape index (κ3) is 5.71. The third-order valence-corrected chi connectivity index (χ3v) is 9.30. The molecule has 0 aliphatic carbocycles. The summed E-state index contributed by atoms with van der Waals surface area (Å²) in [6, 6.07) is 63.4. The Balaban J connectivity index is 1.15. The van der Waals surface area contributed by atoms with Crippen LogP contribution in [0, 0.1) is 6.92 Å². The highest BCUT2D eigenvalue weighted by atomic mass is 15.1. The van der Waals surface area contributed by atoms with Crippen molar-refractivity contribution < 1.29 is 0 Å². The molecule has 0 bridgehead atoms. The van der Waals surface area contributed by atoms with Crippen molar-refractivity contribution in [2.45, 2.75) is 6.92 Å². The van der Waals surface area contributed by atoms with Crippen molar-refractivity contribution in [3.63, 3.8) is 0 Å². The number of para-hydroxylation sites is 2. The predicted molar refractivity (Wildman–Crippen MR) is 210 cm³/mol. The molecule has 0 aliphatic rings. The van der Waals surface area contributed by atoms with Crippen LogP contribution in [0.1, 0.15) is 5.56 Å². The van der Waals surface area contributed by atoms with Crippen molar-refractivity contribution in [2.24, 2.45) is 0 Å². The van der Waals surface area contributed by atoms with E-state index in [4.69, 9.17) is 15.0 Å². The first-order valence-corrected chi connectivity index (χ1v) is 17.1. The maximum atomic E-state index is 4.94. The van der Waals surface area contributed by atoms with E-state index in [0.29, 0.717) is 17.5 Å². The molecule has 0 radical (unpaired) electrons. The molecule has 242 valence electrons. The van der Waals surface area contributed by atoms with Crippen LogP contribution < -0.4 is 4.90 Å². The molecule has 9 aromatic rings. The molecule has 9 rings (SSSR count). The van der Waals surface area contributed by atoms with Crippen LogP contribution in [0.25, 0.3) is 61.7 Å². The smallest absolute Gasteiger partial charge is 0.164 e.